The summed E-state index contributed by atoms with van der Waals surface area (Å²) in [6, 6.07) is 28.3. The molecule has 0 aromatic heterocycles. The Morgan fingerprint density at radius 3 is 2.30 bits per heavy atom. The largest absolute Gasteiger partial charge is 0.494 e. The van der Waals surface area contributed by atoms with Crippen LogP contribution >= 0.6 is 11.8 Å². The van der Waals surface area contributed by atoms with Crippen LogP contribution in [0.4, 0.5) is 11.4 Å². The SMILES string of the molecule is CCOc1ccc(/C=C(\NC(=O)c2ccccc2)C(=O)Nc2ccc(SC(C)C(=O)Nc3ccc4c(c3)OCO4)cc2)cc1. The van der Waals surface area contributed by atoms with Gasteiger partial charge in [-0.3, -0.25) is 14.4 Å². The first-order valence-electron chi connectivity index (χ1n) is 14.0. The second kappa shape index (κ2) is 14.3. The van der Waals surface area contributed by atoms with Crippen molar-refractivity contribution in [3.63, 3.8) is 0 Å². The number of carbonyl (C=O) groups excluding carboxylic acids is 3. The highest BCUT2D eigenvalue weighted by molar-refractivity contribution is 8.00. The van der Waals surface area contributed by atoms with Crippen LogP contribution in [-0.2, 0) is 9.59 Å². The third-order valence-corrected chi connectivity index (χ3v) is 7.58. The molecule has 44 heavy (non-hydrogen) atoms. The molecule has 224 valence electrons. The normalized spacial score (nSPS) is 12.6. The predicted molar refractivity (Wildman–Crippen MR) is 171 cm³/mol. The number of nitrogens with one attached hydrogen (secondary N) is 3. The maximum atomic E-state index is 13.4. The topological polar surface area (TPSA) is 115 Å². The summed E-state index contributed by atoms with van der Waals surface area (Å²) in [4.78, 5) is 39.9. The molecule has 1 aliphatic rings. The van der Waals surface area contributed by atoms with Gasteiger partial charge >= 0.3 is 0 Å². The molecule has 1 atom stereocenters. The number of amides is 3. The minimum absolute atomic E-state index is 0.0790. The highest BCUT2D eigenvalue weighted by Gasteiger charge is 2.19. The van der Waals surface area contributed by atoms with Crippen molar-refractivity contribution in [2.75, 3.05) is 24.0 Å². The molecular weight excluding hydrogens is 578 g/mol. The second-order valence-corrected chi connectivity index (χ2v) is 11.1. The van der Waals surface area contributed by atoms with Gasteiger partial charge < -0.3 is 30.2 Å². The van der Waals surface area contributed by atoms with Gasteiger partial charge in [-0.05, 0) is 86.2 Å². The minimum atomic E-state index is -0.486. The molecular formula is C34H31N3O6S. The van der Waals surface area contributed by atoms with Crippen LogP contribution in [-0.4, -0.2) is 36.4 Å². The number of fused-ring (bicyclic) bond motifs is 1. The van der Waals surface area contributed by atoms with Gasteiger partial charge in [-0.1, -0.05) is 30.3 Å². The van der Waals surface area contributed by atoms with Gasteiger partial charge in [0.05, 0.1) is 11.9 Å². The minimum Gasteiger partial charge on any atom is -0.494 e. The average molecular weight is 610 g/mol. The number of ether oxygens (including phenoxy) is 3. The molecule has 3 N–H and O–H groups in total. The third-order valence-electron chi connectivity index (χ3n) is 6.47. The smallest absolute Gasteiger partial charge is 0.272 e. The highest BCUT2D eigenvalue weighted by Crippen LogP contribution is 2.34. The number of benzene rings is 4. The average Bonchev–Trinajstić information content (AvgIpc) is 3.51. The van der Waals surface area contributed by atoms with Crippen molar-refractivity contribution in [1.29, 1.82) is 0 Å². The zero-order chi connectivity index (χ0) is 30.9. The molecule has 10 heteroatoms. The van der Waals surface area contributed by atoms with Crippen LogP contribution in [0.25, 0.3) is 6.08 Å². The quantitative estimate of drug-likeness (QED) is 0.134. The number of carbonyl (C=O) groups is 3. The van der Waals surface area contributed by atoms with E-state index in [-0.39, 0.29) is 18.4 Å². The summed E-state index contributed by atoms with van der Waals surface area (Å²) in [5.74, 6) is 0.900. The summed E-state index contributed by atoms with van der Waals surface area (Å²) in [6.07, 6.45) is 1.61. The fraction of sp³-hybridized carbons (Fsp3) is 0.147. The van der Waals surface area contributed by atoms with E-state index < -0.39 is 17.1 Å². The molecule has 0 spiro atoms. The van der Waals surface area contributed by atoms with Gasteiger partial charge in [-0.25, -0.2) is 0 Å². The van der Waals surface area contributed by atoms with E-state index >= 15 is 0 Å². The van der Waals surface area contributed by atoms with Crippen LogP contribution in [0, 0.1) is 0 Å². The standard InChI is InChI=1S/C34H31N3O6S/c1-3-41-27-14-9-23(10-15-27)19-29(37-33(39)24-7-5-4-6-8-24)34(40)35-25-11-16-28(17-12-25)44-22(2)32(38)36-26-13-18-30-31(20-26)43-21-42-30/h4-20,22H,3,21H2,1-2H3,(H,35,40)(H,36,38)(H,37,39)/b29-19-. The lowest BCUT2D eigenvalue weighted by atomic mass is 10.1. The van der Waals surface area contributed by atoms with Crippen LogP contribution in [0.2, 0.25) is 0 Å². The Bertz CT molecular complexity index is 1660. The predicted octanol–water partition coefficient (Wildman–Crippen LogP) is 6.34. The Balaban J connectivity index is 1.23. The van der Waals surface area contributed by atoms with Crippen molar-refractivity contribution in [2.24, 2.45) is 0 Å². The van der Waals surface area contributed by atoms with Gasteiger partial charge in [0.1, 0.15) is 11.4 Å². The fourth-order valence-electron chi connectivity index (χ4n) is 4.23. The van der Waals surface area contributed by atoms with Gasteiger partial charge in [-0.15, -0.1) is 11.8 Å². The molecule has 0 fully saturated rings. The Labute approximate surface area is 259 Å². The number of anilines is 2. The lowest BCUT2D eigenvalue weighted by Gasteiger charge is -2.14. The third kappa shape index (κ3) is 7.99. The van der Waals surface area contributed by atoms with Gasteiger partial charge in [0, 0.05) is 27.9 Å². The van der Waals surface area contributed by atoms with Crippen molar-refractivity contribution in [3.05, 3.63) is 114 Å². The summed E-state index contributed by atoms with van der Waals surface area (Å²) < 4.78 is 16.2. The molecule has 9 nitrogen and oxygen atoms in total. The van der Waals surface area contributed by atoms with Crippen LogP contribution in [0.15, 0.2) is 108 Å². The lowest BCUT2D eigenvalue weighted by molar-refractivity contribution is -0.115. The fourth-order valence-corrected chi connectivity index (χ4v) is 5.09. The van der Waals surface area contributed by atoms with Crippen molar-refractivity contribution in [1.82, 2.24) is 5.32 Å². The lowest BCUT2D eigenvalue weighted by Crippen LogP contribution is -2.30. The Morgan fingerprint density at radius 2 is 1.57 bits per heavy atom. The zero-order valence-corrected chi connectivity index (χ0v) is 25.0. The summed E-state index contributed by atoms with van der Waals surface area (Å²) in [7, 11) is 0. The highest BCUT2D eigenvalue weighted by atomic mass is 32.2. The monoisotopic (exact) mass is 609 g/mol. The maximum Gasteiger partial charge on any atom is 0.272 e. The van der Waals surface area contributed by atoms with Crippen molar-refractivity contribution in [2.45, 2.75) is 24.0 Å². The van der Waals surface area contributed by atoms with Gasteiger partial charge in [0.15, 0.2) is 11.5 Å². The van der Waals surface area contributed by atoms with Gasteiger partial charge in [-0.2, -0.15) is 0 Å². The van der Waals surface area contributed by atoms with Crippen molar-refractivity contribution < 1.29 is 28.6 Å². The summed E-state index contributed by atoms with van der Waals surface area (Å²) in [5, 5.41) is 8.10. The molecule has 4 aromatic carbocycles. The summed E-state index contributed by atoms with van der Waals surface area (Å²) >= 11 is 1.38. The molecule has 0 aliphatic carbocycles. The Morgan fingerprint density at radius 1 is 0.864 bits per heavy atom. The van der Waals surface area contributed by atoms with Crippen LogP contribution < -0.4 is 30.2 Å². The Kier molecular flexibility index (Phi) is 9.83. The molecule has 4 aromatic rings. The number of hydrogen-bond donors (Lipinski definition) is 3. The number of hydrogen-bond acceptors (Lipinski definition) is 7. The molecule has 0 bridgehead atoms. The van der Waals surface area contributed by atoms with Gasteiger partial charge in [0.2, 0.25) is 12.7 Å². The van der Waals surface area contributed by atoms with E-state index in [0.29, 0.717) is 46.4 Å². The van der Waals surface area contributed by atoms with Gasteiger partial charge in [0.25, 0.3) is 11.8 Å². The van der Waals surface area contributed by atoms with E-state index in [1.54, 1.807) is 72.8 Å². The van der Waals surface area contributed by atoms with E-state index in [0.717, 1.165) is 4.90 Å². The molecule has 0 saturated heterocycles. The van der Waals surface area contributed by atoms with Crippen molar-refractivity contribution >= 4 is 46.9 Å². The maximum absolute atomic E-state index is 13.4. The summed E-state index contributed by atoms with van der Waals surface area (Å²) in [6.45, 7) is 4.43. The molecule has 1 unspecified atom stereocenters. The molecule has 5 rings (SSSR count). The van der Waals surface area contributed by atoms with E-state index in [9.17, 15) is 14.4 Å². The second-order valence-electron chi connectivity index (χ2n) is 9.68. The zero-order valence-electron chi connectivity index (χ0n) is 24.2. The molecule has 0 radical (unpaired) electrons. The van der Waals surface area contributed by atoms with Crippen LogP contribution in [0.5, 0.6) is 17.2 Å². The first-order chi connectivity index (χ1) is 21.4. The first kappa shape index (κ1) is 30.2. The molecule has 3 amide bonds. The molecule has 1 aliphatic heterocycles. The van der Waals surface area contributed by atoms with E-state index in [4.69, 9.17) is 14.2 Å². The van der Waals surface area contributed by atoms with Crippen molar-refractivity contribution in [3.8, 4) is 17.2 Å². The van der Waals surface area contributed by atoms with Crippen LogP contribution in [0.1, 0.15) is 29.8 Å². The first-order valence-corrected chi connectivity index (χ1v) is 14.9. The van der Waals surface area contributed by atoms with E-state index in [1.165, 1.54) is 11.8 Å². The molecule has 1 heterocycles. The summed E-state index contributed by atoms with van der Waals surface area (Å²) in [5.41, 5.74) is 2.37. The van der Waals surface area contributed by atoms with E-state index in [1.807, 2.05) is 44.2 Å². The van der Waals surface area contributed by atoms with Crippen LogP contribution in [0.3, 0.4) is 0 Å². The Hall–Kier alpha value is -5.22. The molecule has 0 saturated carbocycles. The van der Waals surface area contributed by atoms with E-state index in [2.05, 4.69) is 16.0 Å². The number of thioether (sulfide) groups is 1. The number of rotatable bonds is 11.